The Morgan fingerprint density at radius 3 is 1.97 bits per heavy atom. The number of amides is 1. The molecule has 1 saturated heterocycles. The molecule has 10 nitrogen and oxygen atoms in total. The molecule has 1 aliphatic rings. The van der Waals surface area contributed by atoms with Crippen LogP contribution >= 0.6 is 0 Å². The number of para-hydroxylation sites is 1. The predicted octanol–water partition coefficient (Wildman–Crippen LogP) is 1.34. The van der Waals surface area contributed by atoms with E-state index >= 15 is 0 Å². The Labute approximate surface area is 186 Å². The molecular weight excluding hydrogens is 422 g/mol. The number of aryl methyl sites for hydroxylation is 2. The minimum absolute atomic E-state index is 0.287. The third kappa shape index (κ3) is 6.68. The molecule has 1 aromatic carbocycles. The topological polar surface area (TPSA) is 126 Å². The Balaban J connectivity index is 2.50. The maximum Gasteiger partial charge on any atom is 0.303 e. The fourth-order valence-electron chi connectivity index (χ4n) is 3.49. The Morgan fingerprint density at radius 1 is 0.906 bits per heavy atom. The van der Waals surface area contributed by atoms with Gasteiger partial charge in [-0.2, -0.15) is 0 Å². The van der Waals surface area contributed by atoms with Crippen molar-refractivity contribution in [3.8, 4) is 5.75 Å². The van der Waals surface area contributed by atoms with Gasteiger partial charge in [-0.1, -0.05) is 18.2 Å². The van der Waals surface area contributed by atoms with Crippen LogP contribution in [-0.4, -0.2) is 61.1 Å². The summed E-state index contributed by atoms with van der Waals surface area (Å²) in [6.07, 6.45) is -4.49. The Kier molecular flexibility index (Phi) is 8.59. The minimum atomic E-state index is -1.16. The van der Waals surface area contributed by atoms with E-state index in [0.717, 1.165) is 11.1 Å². The van der Waals surface area contributed by atoms with Crippen LogP contribution in [-0.2, 0) is 38.1 Å². The molecule has 0 radical (unpaired) electrons. The lowest BCUT2D eigenvalue weighted by atomic mass is 9.96. The van der Waals surface area contributed by atoms with Gasteiger partial charge in [0, 0.05) is 27.7 Å². The first-order chi connectivity index (χ1) is 15.0. The molecule has 0 aliphatic carbocycles. The summed E-state index contributed by atoms with van der Waals surface area (Å²) >= 11 is 0. The second-order valence-electron chi connectivity index (χ2n) is 7.56. The molecular formula is C22H29NO9. The van der Waals surface area contributed by atoms with Gasteiger partial charge in [-0.05, 0) is 25.0 Å². The van der Waals surface area contributed by atoms with Crippen molar-refractivity contribution in [2.24, 2.45) is 0 Å². The van der Waals surface area contributed by atoms with Gasteiger partial charge in [0.1, 0.15) is 24.5 Å². The van der Waals surface area contributed by atoms with Crippen molar-refractivity contribution >= 4 is 23.8 Å². The lowest BCUT2D eigenvalue weighted by Gasteiger charge is -2.45. The molecule has 1 aliphatic heterocycles. The van der Waals surface area contributed by atoms with Gasteiger partial charge in [0.05, 0.1) is 0 Å². The van der Waals surface area contributed by atoms with Gasteiger partial charge in [0.25, 0.3) is 0 Å². The van der Waals surface area contributed by atoms with E-state index in [-0.39, 0.29) is 6.61 Å². The first kappa shape index (κ1) is 25.1. The van der Waals surface area contributed by atoms with Crippen molar-refractivity contribution in [1.82, 2.24) is 5.32 Å². The molecule has 0 saturated carbocycles. The normalized spacial score (nSPS) is 24.8. The van der Waals surface area contributed by atoms with Crippen molar-refractivity contribution in [1.29, 1.82) is 0 Å². The fraction of sp³-hybridized carbons (Fsp3) is 0.545. The quantitative estimate of drug-likeness (QED) is 0.483. The van der Waals surface area contributed by atoms with Crippen LogP contribution in [0.25, 0.3) is 0 Å². The summed E-state index contributed by atoms with van der Waals surface area (Å²) in [5.74, 6) is -1.83. The number of esters is 3. The monoisotopic (exact) mass is 451 g/mol. The second-order valence-corrected chi connectivity index (χ2v) is 7.56. The Morgan fingerprint density at radius 2 is 1.47 bits per heavy atom. The number of carbonyl (C=O) groups excluding carboxylic acids is 4. The van der Waals surface area contributed by atoms with Crippen molar-refractivity contribution in [2.45, 2.75) is 72.2 Å². The molecule has 5 atom stereocenters. The van der Waals surface area contributed by atoms with E-state index in [0.29, 0.717) is 5.75 Å². The maximum atomic E-state index is 12.0. The summed E-state index contributed by atoms with van der Waals surface area (Å²) in [6, 6.07) is 4.54. The Bertz CT molecular complexity index is 849. The van der Waals surface area contributed by atoms with E-state index in [2.05, 4.69) is 5.32 Å². The van der Waals surface area contributed by atoms with E-state index in [1.165, 1.54) is 27.7 Å². The van der Waals surface area contributed by atoms with E-state index in [1.807, 2.05) is 32.0 Å². The summed E-state index contributed by atoms with van der Waals surface area (Å²) in [6.45, 7) is 8.28. The zero-order valence-corrected chi connectivity index (χ0v) is 19.0. The third-order valence-corrected chi connectivity index (χ3v) is 4.71. The smallest absolute Gasteiger partial charge is 0.303 e. The van der Waals surface area contributed by atoms with Crippen LogP contribution in [0.2, 0.25) is 0 Å². The van der Waals surface area contributed by atoms with Crippen LogP contribution in [0.5, 0.6) is 5.75 Å². The van der Waals surface area contributed by atoms with E-state index in [4.69, 9.17) is 23.7 Å². The first-order valence-electron chi connectivity index (χ1n) is 10.1. The third-order valence-electron chi connectivity index (χ3n) is 4.71. The van der Waals surface area contributed by atoms with Crippen molar-refractivity contribution in [2.75, 3.05) is 6.61 Å². The molecule has 0 unspecified atom stereocenters. The molecule has 2 rings (SSSR count). The zero-order valence-electron chi connectivity index (χ0n) is 19.0. The molecule has 1 aromatic rings. The number of ether oxygens (including phenoxy) is 5. The molecule has 0 bridgehead atoms. The molecule has 1 amide bonds. The number of hydrogen-bond donors (Lipinski definition) is 1. The zero-order chi connectivity index (χ0) is 24.0. The number of carbonyl (C=O) groups is 4. The highest BCUT2D eigenvalue weighted by atomic mass is 16.7. The van der Waals surface area contributed by atoms with E-state index in [1.54, 1.807) is 0 Å². The largest absolute Gasteiger partial charge is 0.463 e. The predicted molar refractivity (Wildman–Crippen MR) is 111 cm³/mol. The van der Waals surface area contributed by atoms with Crippen molar-refractivity contribution < 1.29 is 42.9 Å². The average Bonchev–Trinajstić information content (AvgIpc) is 2.66. The molecule has 1 fully saturated rings. The lowest BCUT2D eigenvalue weighted by molar-refractivity contribution is -0.257. The van der Waals surface area contributed by atoms with Crippen LogP contribution in [0, 0.1) is 13.8 Å². The summed E-state index contributed by atoms with van der Waals surface area (Å²) in [5.41, 5.74) is 1.63. The Hall–Kier alpha value is -3.14. The molecule has 10 heteroatoms. The summed E-state index contributed by atoms with van der Waals surface area (Å²) < 4.78 is 28.0. The van der Waals surface area contributed by atoms with Gasteiger partial charge in [0.15, 0.2) is 12.2 Å². The summed E-state index contributed by atoms with van der Waals surface area (Å²) in [5, 5.41) is 2.67. The molecule has 1 heterocycles. The molecule has 176 valence electrons. The molecule has 1 N–H and O–H groups in total. The van der Waals surface area contributed by atoms with Crippen LogP contribution in [0.1, 0.15) is 38.8 Å². The van der Waals surface area contributed by atoms with Gasteiger partial charge >= 0.3 is 17.9 Å². The SMILES string of the molecule is CC(=O)N[C@H]1[C@H](Oc2c(C)cccc2C)O[C@H](COC(C)=O)[C@@H](OC(C)=O)[C@@H]1OC(C)=O. The van der Waals surface area contributed by atoms with Gasteiger partial charge in [-0.15, -0.1) is 0 Å². The van der Waals surface area contributed by atoms with Crippen LogP contribution in [0.15, 0.2) is 18.2 Å². The van der Waals surface area contributed by atoms with Gasteiger partial charge in [0.2, 0.25) is 12.2 Å². The van der Waals surface area contributed by atoms with Crippen molar-refractivity contribution in [3.63, 3.8) is 0 Å². The second kappa shape index (κ2) is 10.9. The molecule has 0 aromatic heterocycles. The van der Waals surface area contributed by atoms with Crippen LogP contribution in [0.4, 0.5) is 0 Å². The fourth-order valence-corrected chi connectivity index (χ4v) is 3.49. The highest BCUT2D eigenvalue weighted by molar-refractivity contribution is 5.73. The number of benzene rings is 1. The van der Waals surface area contributed by atoms with Crippen molar-refractivity contribution in [3.05, 3.63) is 29.3 Å². The number of rotatable bonds is 7. The highest BCUT2D eigenvalue weighted by Gasteiger charge is 2.52. The molecule has 32 heavy (non-hydrogen) atoms. The van der Waals surface area contributed by atoms with Gasteiger partial charge < -0.3 is 29.0 Å². The standard InChI is InChI=1S/C22H29NO9/c1-11-8-7-9-12(2)19(11)32-22-18(23-13(3)24)21(30-16(6)27)20(29-15(5)26)17(31-22)10-28-14(4)25/h7-9,17-18,20-22H,10H2,1-6H3,(H,23,24)/t17-,18-,20-,21-,22+/m1/s1. The van der Waals surface area contributed by atoms with E-state index < -0.39 is 54.5 Å². The van der Waals surface area contributed by atoms with Crippen LogP contribution < -0.4 is 10.1 Å². The summed E-state index contributed by atoms with van der Waals surface area (Å²) in [4.78, 5) is 47.0. The molecule has 0 spiro atoms. The number of hydrogen-bond acceptors (Lipinski definition) is 9. The first-order valence-corrected chi connectivity index (χ1v) is 10.1. The lowest BCUT2D eigenvalue weighted by Crippen LogP contribution is -2.67. The average molecular weight is 451 g/mol. The summed E-state index contributed by atoms with van der Waals surface area (Å²) in [7, 11) is 0. The number of nitrogens with one attached hydrogen (secondary N) is 1. The minimum Gasteiger partial charge on any atom is -0.463 e. The van der Waals surface area contributed by atoms with Crippen LogP contribution in [0.3, 0.4) is 0 Å². The van der Waals surface area contributed by atoms with Gasteiger partial charge in [-0.3, -0.25) is 19.2 Å². The van der Waals surface area contributed by atoms with E-state index in [9.17, 15) is 19.2 Å². The maximum absolute atomic E-state index is 12.0. The van der Waals surface area contributed by atoms with Gasteiger partial charge in [-0.25, -0.2) is 0 Å². The highest BCUT2D eigenvalue weighted by Crippen LogP contribution is 2.31.